The molecule has 1 heterocycles. The van der Waals surface area contributed by atoms with Gasteiger partial charge in [0.1, 0.15) is 11.4 Å². The Morgan fingerprint density at radius 1 is 1.35 bits per heavy atom. The van der Waals surface area contributed by atoms with Crippen molar-refractivity contribution in [3.05, 3.63) is 22.7 Å². The summed E-state index contributed by atoms with van der Waals surface area (Å²) >= 11 is 0. The van der Waals surface area contributed by atoms with E-state index >= 15 is 0 Å². The zero-order valence-corrected chi connectivity index (χ0v) is 17.9. The average Bonchev–Trinajstić information content (AvgIpc) is 2.63. The van der Waals surface area contributed by atoms with Gasteiger partial charge in [0.2, 0.25) is 0 Å². The van der Waals surface area contributed by atoms with Crippen molar-refractivity contribution in [2.75, 3.05) is 12.3 Å². The minimum atomic E-state index is -1.99. The second-order valence-corrected chi connectivity index (χ2v) is 14.2. The van der Waals surface area contributed by atoms with Crippen molar-refractivity contribution in [3.8, 4) is 0 Å². The molecule has 1 saturated carbocycles. The predicted octanol–water partition coefficient (Wildman–Crippen LogP) is 1.91. The van der Waals surface area contributed by atoms with Gasteiger partial charge in [0, 0.05) is 18.7 Å². The molecule has 148 valence electrons. The number of anilines is 1. The molecule has 1 aliphatic rings. The fraction of sp³-hybridized carbons (Fsp3) is 0.778. The van der Waals surface area contributed by atoms with Crippen LogP contribution in [0.3, 0.4) is 0 Å². The van der Waals surface area contributed by atoms with E-state index < -0.39 is 31.3 Å². The van der Waals surface area contributed by atoms with Crippen LogP contribution < -0.4 is 11.4 Å². The molecule has 0 aliphatic heterocycles. The Kier molecular flexibility index (Phi) is 5.22. The van der Waals surface area contributed by atoms with E-state index in [-0.39, 0.29) is 16.8 Å². The molecule has 0 bridgehead atoms. The van der Waals surface area contributed by atoms with Gasteiger partial charge in [0.05, 0.1) is 11.6 Å². The molecule has 1 fully saturated rings. The lowest BCUT2D eigenvalue weighted by Gasteiger charge is -2.41. The van der Waals surface area contributed by atoms with Gasteiger partial charge in [-0.2, -0.15) is 4.98 Å². The molecule has 4 N–H and O–H groups in total. The molecule has 7 nitrogen and oxygen atoms in total. The van der Waals surface area contributed by atoms with Crippen LogP contribution in [0.4, 0.5) is 5.82 Å². The van der Waals surface area contributed by atoms with Gasteiger partial charge in [-0.25, -0.2) is 4.79 Å². The number of nitrogen functional groups attached to an aromatic ring is 1. The summed E-state index contributed by atoms with van der Waals surface area (Å²) in [5, 5.41) is 22.2. The molecule has 0 amide bonds. The van der Waals surface area contributed by atoms with Crippen LogP contribution in [0.1, 0.15) is 47.1 Å². The van der Waals surface area contributed by atoms with E-state index in [0.29, 0.717) is 13.0 Å². The van der Waals surface area contributed by atoms with Gasteiger partial charge in [0.25, 0.3) is 0 Å². The third kappa shape index (κ3) is 3.47. The number of nitrogens with two attached hydrogens (primary N) is 1. The second kappa shape index (κ2) is 6.44. The highest BCUT2D eigenvalue weighted by molar-refractivity contribution is 6.74. The van der Waals surface area contributed by atoms with Gasteiger partial charge in [0.15, 0.2) is 8.32 Å². The van der Waals surface area contributed by atoms with Crippen molar-refractivity contribution >= 4 is 14.1 Å². The SMILES string of the molecule is CC(C)(C)[Si](C)(C)OC[C@H]1C[C@@H](n2ccc(N)nc2=O)[C@](C)(O)[C@]1(C)O. The standard InChI is InChI=1S/C18H33N3O4Si/c1-16(2,3)26(6,7)25-11-12-10-13(18(5,24)17(12,4)23)21-9-8-14(19)20-15(21)22/h8-9,12-13,23-24H,10-11H2,1-7H3,(H2,19,20,22)/t12-,13-,17-,18+/m1/s1. The molecule has 26 heavy (non-hydrogen) atoms. The van der Waals surface area contributed by atoms with Crippen LogP contribution in [-0.2, 0) is 4.43 Å². The molecule has 4 atom stereocenters. The fourth-order valence-corrected chi connectivity index (χ4v) is 4.33. The number of hydrogen-bond acceptors (Lipinski definition) is 6. The Labute approximate surface area is 156 Å². The molecular weight excluding hydrogens is 350 g/mol. The Hall–Kier alpha value is -1.22. The van der Waals surface area contributed by atoms with E-state index in [1.54, 1.807) is 13.8 Å². The molecule has 0 spiro atoms. The van der Waals surface area contributed by atoms with Gasteiger partial charge >= 0.3 is 5.69 Å². The first-order valence-corrected chi connectivity index (χ1v) is 12.0. The molecule has 1 aromatic heterocycles. The topological polar surface area (TPSA) is 111 Å². The van der Waals surface area contributed by atoms with E-state index in [9.17, 15) is 15.0 Å². The van der Waals surface area contributed by atoms with Crippen LogP contribution in [-0.4, -0.2) is 45.9 Å². The Morgan fingerprint density at radius 3 is 2.42 bits per heavy atom. The maximum absolute atomic E-state index is 12.2. The Bertz CT molecular complexity index is 722. The molecule has 8 heteroatoms. The molecular formula is C18H33N3O4Si. The molecule has 1 aromatic rings. The largest absolute Gasteiger partial charge is 0.416 e. The van der Waals surface area contributed by atoms with Gasteiger partial charge in [-0.3, -0.25) is 4.57 Å². The zero-order valence-electron chi connectivity index (χ0n) is 16.9. The van der Waals surface area contributed by atoms with Crippen LogP contribution in [0.15, 0.2) is 17.1 Å². The summed E-state index contributed by atoms with van der Waals surface area (Å²) < 4.78 is 7.64. The average molecular weight is 384 g/mol. The summed E-state index contributed by atoms with van der Waals surface area (Å²) in [6.45, 7) is 14.3. The second-order valence-electron chi connectivity index (χ2n) is 9.36. The van der Waals surface area contributed by atoms with E-state index in [1.807, 2.05) is 0 Å². The summed E-state index contributed by atoms with van der Waals surface area (Å²) in [5.41, 5.74) is 2.12. The van der Waals surface area contributed by atoms with Crippen molar-refractivity contribution in [2.45, 2.75) is 76.4 Å². The number of nitrogens with zero attached hydrogens (tertiary/aromatic N) is 2. The molecule has 2 rings (SSSR count). The summed E-state index contributed by atoms with van der Waals surface area (Å²) in [7, 11) is -1.99. The quantitative estimate of drug-likeness (QED) is 0.685. The van der Waals surface area contributed by atoms with E-state index in [1.165, 1.54) is 16.8 Å². The molecule has 0 unspecified atom stereocenters. The third-order valence-electron chi connectivity index (χ3n) is 6.62. The van der Waals surface area contributed by atoms with Crippen LogP contribution in [0, 0.1) is 5.92 Å². The summed E-state index contributed by atoms with van der Waals surface area (Å²) in [5.74, 6) is -0.172. The van der Waals surface area contributed by atoms with Crippen molar-refractivity contribution in [1.82, 2.24) is 9.55 Å². The lowest BCUT2D eigenvalue weighted by Crippen LogP contribution is -2.54. The number of hydrogen-bond donors (Lipinski definition) is 3. The van der Waals surface area contributed by atoms with Crippen molar-refractivity contribution in [2.24, 2.45) is 5.92 Å². The highest BCUT2D eigenvalue weighted by Gasteiger charge is 2.60. The van der Waals surface area contributed by atoms with Gasteiger partial charge in [-0.05, 0) is 44.5 Å². The van der Waals surface area contributed by atoms with Crippen LogP contribution in [0.2, 0.25) is 18.1 Å². The smallest absolute Gasteiger partial charge is 0.349 e. The minimum absolute atomic E-state index is 0.0528. The molecule has 0 aromatic carbocycles. The molecule has 0 saturated heterocycles. The molecule has 1 aliphatic carbocycles. The summed E-state index contributed by atoms with van der Waals surface area (Å²) in [4.78, 5) is 16.0. The summed E-state index contributed by atoms with van der Waals surface area (Å²) in [6.07, 6.45) is 1.94. The number of rotatable bonds is 4. The minimum Gasteiger partial charge on any atom is -0.416 e. The first-order valence-electron chi connectivity index (χ1n) is 9.04. The lowest BCUT2D eigenvalue weighted by molar-refractivity contribution is -0.146. The molecule has 0 radical (unpaired) electrons. The van der Waals surface area contributed by atoms with Crippen molar-refractivity contribution < 1.29 is 14.6 Å². The summed E-state index contributed by atoms with van der Waals surface area (Å²) in [6, 6.07) is 0.914. The normalized spacial score (nSPS) is 32.8. The first-order chi connectivity index (χ1) is 11.6. The van der Waals surface area contributed by atoms with Crippen LogP contribution >= 0.6 is 0 Å². The number of aromatic nitrogens is 2. The van der Waals surface area contributed by atoms with Gasteiger partial charge in [-0.15, -0.1) is 0 Å². The van der Waals surface area contributed by atoms with E-state index in [4.69, 9.17) is 10.2 Å². The Balaban J connectivity index is 2.30. The van der Waals surface area contributed by atoms with Gasteiger partial charge < -0.3 is 20.4 Å². The first kappa shape index (κ1) is 21.1. The zero-order chi connectivity index (χ0) is 20.1. The van der Waals surface area contributed by atoms with Gasteiger partial charge in [-0.1, -0.05) is 20.8 Å². The maximum Gasteiger partial charge on any atom is 0.349 e. The van der Waals surface area contributed by atoms with Crippen molar-refractivity contribution in [3.63, 3.8) is 0 Å². The van der Waals surface area contributed by atoms with Crippen LogP contribution in [0.5, 0.6) is 0 Å². The van der Waals surface area contributed by atoms with Crippen LogP contribution in [0.25, 0.3) is 0 Å². The highest BCUT2D eigenvalue weighted by Crippen LogP contribution is 2.50. The van der Waals surface area contributed by atoms with E-state index in [2.05, 4.69) is 38.8 Å². The third-order valence-corrected chi connectivity index (χ3v) is 11.1. The number of aliphatic hydroxyl groups is 2. The van der Waals surface area contributed by atoms with E-state index in [0.717, 1.165) is 0 Å². The highest BCUT2D eigenvalue weighted by atomic mass is 28.4. The lowest BCUT2D eigenvalue weighted by atomic mass is 9.83. The monoisotopic (exact) mass is 383 g/mol. The Morgan fingerprint density at radius 2 is 1.92 bits per heavy atom. The fourth-order valence-electron chi connectivity index (χ4n) is 3.28. The maximum atomic E-state index is 12.2. The predicted molar refractivity (Wildman–Crippen MR) is 104 cm³/mol. The van der Waals surface area contributed by atoms with Crippen molar-refractivity contribution in [1.29, 1.82) is 0 Å².